The van der Waals surface area contributed by atoms with Gasteiger partial charge in [0.05, 0.1) is 35.9 Å². The van der Waals surface area contributed by atoms with Gasteiger partial charge < -0.3 is 10.1 Å². The number of hydrogen-bond acceptors (Lipinski definition) is 5. The molecule has 1 unspecified atom stereocenters. The molecule has 0 aromatic carbocycles. The maximum Gasteiger partial charge on any atom is 0.138 e. The van der Waals surface area contributed by atoms with E-state index in [0.717, 1.165) is 29.2 Å². The molecule has 0 amide bonds. The van der Waals surface area contributed by atoms with Gasteiger partial charge in [0.25, 0.3) is 0 Å². The van der Waals surface area contributed by atoms with Crippen LogP contribution >= 0.6 is 0 Å². The number of nitrogens with one attached hydrogen (secondary N) is 1. The summed E-state index contributed by atoms with van der Waals surface area (Å²) in [5, 5.41) is 3.42. The molecule has 0 bridgehead atoms. The molecule has 1 N–H and O–H groups in total. The fourth-order valence-electron chi connectivity index (χ4n) is 2.08. The fraction of sp³-hybridized carbons (Fsp3) is 0.438. The molecule has 5 nitrogen and oxygen atoms in total. The number of hydrogen-bond donors (Lipinski definition) is 1. The van der Waals surface area contributed by atoms with Crippen molar-refractivity contribution in [1.82, 2.24) is 20.3 Å². The lowest BCUT2D eigenvalue weighted by molar-refractivity contribution is 0.241. The first-order chi connectivity index (χ1) is 10.1. The highest BCUT2D eigenvalue weighted by atomic mass is 16.5. The van der Waals surface area contributed by atoms with Crippen LogP contribution in [0.2, 0.25) is 0 Å². The second kappa shape index (κ2) is 7.13. The first-order valence-electron chi connectivity index (χ1n) is 7.23. The van der Waals surface area contributed by atoms with Gasteiger partial charge in [-0.2, -0.15) is 0 Å². The normalized spacial score (nSPS) is 12.4. The SMILES string of the molecule is CCNC(c1cncc(OC(C)C)c1)c1cnc(C)cn1. The molecule has 2 aromatic heterocycles. The quantitative estimate of drug-likeness (QED) is 0.884. The van der Waals surface area contributed by atoms with E-state index >= 15 is 0 Å². The summed E-state index contributed by atoms with van der Waals surface area (Å²) < 4.78 is 5.71. The molecule has 0 saturated carbocycles. The van der Waals surface area contributed by atoms with E-state index in [1.54, 1.807) is 18.6 Å². The predicted octanol–water partition coefficient (Wildman–Crippen LogP) is 2.67. The summed E-state index contributed by atoms with van der Waals surface area (Å²) in [5.74, 6) is 0.769. The number of aromatic nitrogens is 3. The molecule has 0 aliphatic carbocycles. The summed E-state index contributed by atoms with van der Waals surface area (Å²) >= 11 is 0. The topological polar surface area (TPSA) is 59.9 Å². The highest BCUT2D eigenvalue weighted by Gasteiger charge is 2.16. The van der Waals surface area contributed by atoms with Crippen LogP contribution in [0.25, 0.3) is 0 Å². The molecule has 2 heterocycles. The van der Waals surface area contributed by atoms with Gasteiger partial charge in [0.15, 0.2) is 0 Å². The Morgan fingerprint density at radius 2 is 1.95 bits per heavy atom. The van der Waals surface area contributed by atoms with Gasteiger partial charge >= 0.3 is 0 Å². The lowest BCUT2D eigenvalue weighted by atomic mass is 10.1. The van der Waals surface area contributed by atoms with Crippen molar-refractivity contribution in [1.29, 1.82) is 0 Å². The Bertz CT molecular complexity index is 569. The molecule has 0 fully saturated rings. The second-order valence-corrected chi connectivity index (χ2v) is 5.19. The summed E-state index contributed by atoms with van der Waals surface area (Å²) in [6, 6.07) is 1.97. The summed E-state index contributed by atoms with van der Waals surface area (Å²) in [5.41, 5.74) is 2.81. The highest BCUT2D eigenvalue weighted by Crippen LogP contribution is 2.23. The van der Waals surface area contributed by atoms with Crippen molar-refractivity contribution >= 4 is 0 Å². The van der Waals surface area contributed by atoms with Crippen molar-refractivity contribution in [2.24, 2.45) is 0 Å². The number of ether oxygens (including phenoxy) is 1. The van der Waals surface area contributed by atoms with Crippen molar-refractivity contribution in [3.63, 3.8) is 0 Å². The first kappa shape index (κ1) is 15.4. The third-order valence-electron chi connectivity index (χ3n) is 2.94. The van der Waals surface area contributed by atoms with Crippen LogP contribution in [0.5, 0.6) is 5.75 Å². The molecule has 1 atom stereocenters. The lowest BCUT2D eigenvalue weighted by Gasteiger charge is -2.18. The molecule has 112 valence electrons. The number of rotatable bonds is 6. The van der Waals surface area contributed by atoms with Gasteiger partial charge in [-0.3, -0.25) is 15.0 Å². The van der Waals surface area contributed by atoms with E-state index in [1.165, 1.54) is 0 Å². The summed E-state index contributed by atoms with van der Waals surface area (Å²) in [4.78, 5) is 13.1. The molecular formula is C16H22N4O. The number of aryl methyl sites for hydroxylation is 1. The molecule has 5 heteroatoms. The maximum absolute atomic E-state index is 5.71. The van der Waals surface area contributed by atoms with Crippen LogP contribution in [0.4, 0.5) is 0 Å². The minimum atomic E-state index is -0.0358. The molecule has 0 aliphatic heterocycles. The zero-order chi connectivity index (χ0) is 15.2. The average molecular weight is 286 g/mol. The molecule has 21 heavy (non-hydrogen) atoms. The Morgan fingerprint density at radius 3 is 2.57 bits per heavy atom. The summed E-state index contributed by atoms with van der Waals surface area (Å²) in [6.07, 6.45) is 7.27. The van der Waals surface area contributed by atoms with E-state index in [-0.39, 0.29) is 12.1 Å². The molecule has 0 radical (unpaired) electrons. The summed E-state index contributed by atoms with van der Waals surface area (Å²) in [7, 11) is 0. The van der Waals surface area contributed by atoms with E-state index in [0.29, 0.717) is 0 Å². The molecular weight excluding hydrogens is 264 g/mol. The highest BCUT2D eigenvalue weighted by molar-refractivity contribution is 5.30. The Hall–Kier alpha value is -2.01. The zero-order valence-corrected chi connectivity index (χ0v) is 13.0. The van der Waals surface area contributed by atoms with Gasteiger partial charge in [0, 0.05) is 12.4 Å². The smallest absolute Gasteiger partial charge is 0.138 e. The standard InChI is InChI=1S/C16H22N4O/c1-5-18-16(15-10-19-12(4)7-20-15)13-6-14(9-17-8-13)21-11(2)3/h6-11,16,18H,5H2,1-4H3. The van der Waals surface area contributed by atoms with Crippen LogP contribution in [0, 0.1) is 6.92 Å². The monoisotopic (exact) mass is 286 g/mol. The van der Waals surface area contributed by atoms with E-state index in [9.17, 15) is 0 Å². The van der Waals surface area contributed by atoms with Crippen molar-refractivity contribution < 1.29 is 4.74 Å². The summed E-state index contributed by atoms with van der Waals surface area (Å²) in [6.45, 7) is 8.82. The Morgan fingerprint density at radius 1 is 1.14 bits per heavy atom. The first-order valence-corrected chi connectivity index (χ1v) is 7.23. The predicted molar refractivity (Wildman–Crippen MR) is 82.3 cm³/mol. The third-order valence-corrected chi connectivity index (χ3v) is 2.94. The van der Waals surface area contributed by atoms with Gasteiger partial charge in [-0.25, -0.2) is 0 Å². The van der Waals surface area contributed by atoms with Gasteiger partial charge in [-0.1, -0.05) is 6.92 Å². The van der Waals surface area contributed by atoms with E-state index in [4.69, 9.17) is 4.74 Å². The van der Waals surface area contributed by atoms with Crippen LogP contribution in [0.3, 0.4) is 0 Å². The van der Waals surface area contributed by atoms with Crippen LogP contribution < -0.4 is 10.1 Å². The number of pyridine rings is 1. The van der Waals surface area contributed by atoms with Gasteiger partial charge in [0.1, 0.15) is 5.75 Å². The second-order valence-electron chi connectivity index (χ2n) is 5.19. The molecule has 2 rings (SSSR count). The van der Waals surface area contributed by atoms with Gasteiger partial charge in [0.2, 0.25) is 0 Å². The Kier molecular flexibility index (Phi) is 5.22. The fourth-order valence-corrected chi connectivity index (χ4v) is 2.08. The van der Waals surface area contributed by atoms with Crippen LogP contribution in [0.1, 0.15) is 43.8 Å². The van der Waals surface area contributed by atoms with E-state index in [2.05, 4.69) is 27.2 Å². The minimum Gasteiger partial charge on any atom is -0.489 e. The average Bonchev–Trinajstić information content (AvgIpc) is 2.45. The lowest BCUT2D eigenvalue weighted by Crippen LogP contribution is -2.23. The third kappa shape index (κ3) is 4.23. The molecule has 0 spiro atoms. The van der Waals surface area contributed by atoms with E-state index in [1.807, 2.05) is 33.0 Å². The zero-order valence-electron chi connectivity index (χ0n) is 13.0. The Balaban J connectivity index is 2.31. The van der Waals surface area contributed by atoms with Crippen molar-refractivity contribution in [3.05, 3.63) is 47.8 Å². The van der Waals surface area contributed by atoms with Gasteiger partial charge in [-0.05, 0) is 38.9 Å². The van der Waals surface area contributed by atoms with Crippen molar-refractivity contribution in [2.75, 3.05) is 6.54 Å². The molecule has 2 aromatic rings. The van der Waals surface area contributed by atoms with Crippen molar-refractivity contribution in [2.45, 2.75) is 39.8 Å². The van der Waals surface area contributed by atoms with E-state index < -0.39 is 0 Å². The van der Waals surface area contributed by atoms with Crippen LogP contribution in [-0.4, -0.2) is 27.6 Å². The molecule has 0 aliphatic rings. The largest absolute Gasteiger partial charge is 0.489 e. The van der Waals surface area contributed by atoms with Crippen LogP contribution in [-0.2, 0) is 0 Å². The van der Waals surface area contributed by atoms with Gasteiger partial charge in [-0.15, -0.1) is 0 Å². The van der Waals surface area contributed by atoms with Crippen molar-refractivity contribution in [3.8, 4) is 5.75 Å². The molecule has 0 saturated heterocycles. The Labute approximate surface area is 125 Å². The maximum atomic E-state index is 5.71. The number of nitrogens with zero attached hydrogens (tertiary/aromatic N) is 3. The minimum absolute atomic E-state index is 0.0358. The van der Waals surface area contributed by atoms with Crippen LogP contribution in [0.15, 0.2) is 30.9 Å².